The highest BCUT2D eigenvalue weighted by molar-refractivity contribution is 6.42. The van der Waals surface area contributed by atoms with Gasteiger partial charge in [-0.25, -0.2) is 0 Å². The Labute approximate surface area is 140 Å². The molecule has 1 fully saturated rings. The first kappa shape index (κ1) is 18.4. The summed E-state index contributed by atoms with van der Waals surface area (Å²) >= 11 is 11.9. The maximum atomic E-state index is 12.4. The van der Waals surface area contributed by atoms with Gasteiger partial charge in [-0.2, -0.15) is 0 Å². The Balaban J connectivity index is 0.00000220. The predicted octanol–water partition coefficient (Wildman–Crippen LogP) is 3.29. The minimum Gasteiger partial charge on any atom is -0.496 e. The summed E-state index contributed by atoms with van der Waals surface area (Å²) in [5, 5.41) is 7.08. The monoisotopic (exact) mass is 352 g/mol. The molecular weight excluding hydrogens is 335 g/mol. The zero-order chi connectivity index (χ0) is 14.7. The molecule has 2 rings (SSSR count). The van der Waals surface area contributed by atoms with Crippen molar-refractivity contribution in [2.75, 3.05) is 13.7 Å². The third-order valence-corrected chi connectivity index (χ3v) is 4.29. The van der Waals surface area contributed by atoms with Crippen molar-refractivity contribution in [2.45, 2.75) is 31.8 Å². The lowest BCUT2D eigenvalue weighted by Gasteiger charge is -2.30. The second kappa shape index (κ2) is 8.08. The summed E-state index contributed by atoms with van der Waals surface area (Å²) < 4.78 is 5.20. The summed E-state index contributed by atoms with van der Waals surface area (Å²) in [6, 6.07) is 3.46. The number of hydrogen-bond acceptors (Lipinski definition) is 3. The first-order valence-corrected chi connectivity index (χ1v) is 7.35. The number of nitrogens with one attached hydrogen (secondary N) is 2. The van der Waals surface area contributed by atoms with Gasteiger partial charge in [0.1, 0.15) is 5.75 Å². The Morgan fingerprint density at radius 3 is 2.67 bits per heavy atom. The highest BCUT2D eigenvalue weighted by Crippen LogP contribution is 2.30. The van der Waals surface area contributed by atoms with Crippen LogP contribution in [0, 0.1) is 0 Å². The largest absolute Gasteiger partial charge is 0.496 e. The average Bonchev–Trinajstić information content (AvgIpc) is 2.43. The zero-order valence-electron chi connectivity index (χ0n) is 11.9. The minimum absolute atomic E-state index is 0. The fourth-order valence-corrected chi connectivity index (χ4v) is 2.68. The quantitative estimate of drug-likeness (QED) is 0.876. The van der Waals surface area contributed by atoms with Crippen LogP contribution in [0.3, 0.4) is 0 Å². The molecule has 118 valence electrons. The van der Waals surface area contributed by atoms with Crippen molar-refractivity contribution in [1.82, 2.24) is 10.6 Å². The summed E-state index contributed by atoms with van der Waals surface area (Å²) in [6.07, 6.45) is 2.01. The normalized spacial score (nSPS) is 21.3. The lowest BCUT2D eigenvalue weighted by Crippen LogP contribution is -2.51. The molecule has 2 N–H and O–H groups in total. The molecule has 1 aromatic carbocycles. The number of halogens is 3. The predicted molar refractivity (Wildman–Crippen MR) is 88.2 cm³/mol. The number of ether oxygens (including phenoxy) is 1. The molecule has 7 heteroatoms. The van der Waals surface area contributed by atoms with Gasteiger partial charge in [0.15, 0.2) is 0 Å². The van der Waals surface area contributed by atoms with Crippen LogP contribution in [-0.2, 0) is 0 Å². The van der Waals surface area contributed by atoms with Crippen LogP contribution >= 0.6 is 35.6 Å². The Morgan fingerprint density at radius 2 is 2.05 bits per heavy atom. The lowest BCUT2D eigenvalue weighted by atomic mass is 9.99. The van der Waals surface area contributed by atoms with Crippen molar-refractivity contribution in [1.29, 1.82) is 0 Å². The number of amides is 1. The summed E-state index contributed by atoms with van der Waals surface area (Å²) in [5.74, 6) is 0.231. The molecule has 2 unspecified atom stereocenters. The first-order chi connectivity index (χ1) is 9.52. The number of rotatable bonds is 3. The van der Waals surface area contributed by atoms with Crippen LogP contribution in [0.25, 0.3) is 0 Å². The molecular formula is C14H19Cl3N2O2. The molecule has 0 bridgehead atoms. The van der Waals surface area contributed by atoms with Gasteiger partial charge in [0, 0.05) is 18.2 Å². The minimum atomic E-state index is -0.194. The number of piperidine rings is 1. The molecule has 1 aromatic rings. The summed E-state index contributed by atoms with van der Waals surface area (Å²) in [7, 11) is 1.50. The van der Waals surface area contributed by atoms with E-state index in [1.54, 1.807) is 12.1 Å². The third-order valence-electron chi connectivity index (χ3n) is 3.57. The molecule has 0 aromatic heterocycles. The fourth-order valence-electron chi connectivity index (χ4n) is 2.36. The second-order valence-corrected chi connectivity index (χ2v) is 5.75. The van der Waals surface area contributed by atoms with E-state index in [4.69, 9.17) is 27.9 Å². The van der Waals surface area contributed by atoms with Crippen molar-refractivity contribution < 1.29 is 9.53 Å². The van der Waals surface area contributed by atoms with E-state index >= 15 is 0 Å². The molecule has 1 heterocycles. The molecule has 1 aliphatic heterocycles. The van der Waals surface area contributed by atoms with Crippen LogP contribution in [0.4, 0.5) is 0 Å². The van der Waals surface area contributed by atoms with Crippen LogP contribution in [0.1, 0.15) is 30.1 Å². The molecule has 0 saturated carbocycles. The molecule has 2 atom stereocenters. The number of carbonyl (C=O) groups excluding carboxylic acids is 1. The van der Waals surface area contributed by atoms with E-state index in [0.717, 1.165) is 19.4 Å². The highest BCUT2D eigenvalue weighted by Gasteiger charge is 2.24. The van der Waals surface area contributed by atoms with Crippen LogP contribution < -0.4 is 15.4 Å². The maximum Gasteiger partial charge on any atom is 0.255 e. The number of carbonyl (C=O) groups is 1. The van der Waals surface area contributed by atoms with E-state index in [1.807, 2.05) is 0 Å². The fraction of sp³-hybridized carbons (Fsp3) is 0.500. The van der Waals surface area contributed by atoms with Crippen molar-refractivity contribution >= 4 is 41.5 Å². The van der Waals surface area contributed by atoms with Gasteiger partial charge in [0.05, 0.1) is 22.7 Å². The Morgan fingerprint density at radius 1 is 1.38 bits per heavy atom. The van der Waals surface area contributed by atoms with E-state index in [2.05, 4.69) is 17.6 Å². The van der Waals surface area contributed by atoms with Crippen LogP contribution in [-0.4, -0.2) is 31.6 Å². The van der Waals surface area contributed by atoms with Crippen LogP contribution in [0.2, 0.25) is 10.0 Å². The van der Waals surface area contributed by atoms with Crippen LogP contribution in [0.5, 0.6) is 5.75 Å². The Hall–Kier alpha value is -0.680. The molecule has 1 amide bonds. The van der Waals surface area contributed by atoms with Gasteiger partial charge in [0.25, 0.3) is 5.91 Å². The standard InChI is InChI=1S/C14H18Cl2N2O2.ClH/c1-8-12(4-3-5-17-8)18-14(19)9-6-10(15)11(16)7-13(9)20-2;/h6-8,12,17H,3-5H2,1-2H3,(H,18,19);1H. The van der Waals surface area contributed by atoms with Crippen molar-refractivity contribution in [2.24, 2.45) is 0 Å². The Bertz CT molecular complexity index is 511. The van der Waals surface area contributed by atoms with E-state index in [1.165, 1.54) is 7.11 Å². The lowest BCUT2D eigenvalue weighted by molar-refractivity contribution is 0.0917. The van der Waals surface area contributed by atoms with Gasteiger partial charge in [-0.1, -0.05) is 23.2 Å². The molecule has 0 aliphatic carbocycles. The number of hydrogen-bond donors (Lipinski definition) is 2. The topological polar surface area (TPSA) is 50.4 Å². The van der Waals surface area contributed by atoms with E-state index in [9.17, 15) is 4.79 Å². The third kappa shape index (κ3) is 4.39. The SMILES string of the molecule is COc1cc(Cl)c(Cl)cc1C(=O)NC1CCCNC1C.Cl. The zero-order valence-corrected chi connectivity index (χ0v) is 14.2. The van der Waals surface area contributed by atoms with Crippen molar-refractivity contribution in [3.63, 3.8) is 0 Å². The number of methoxy groups -OCH3 is 1. The van der Waals surface area contributed by atoms with E-state index < -0.39 is 0 Å². The average molecular weight is 354 g/mol. The second-order valence-electron chi connectivity index (χ2n) is 4.93. The Kier molecular flexibility index (Phi) is 7.07. The number of benzene rings is 1. The summed E-state index contributed by atoms with van der Waals surface area (Å²) in [6.45, 7) is 3.06. The molecule has 1 saturated heterocycles. The molecule has 0 radical (unpaired) electrons. The smallest absolute Gasteiger partial charge is 0.255 e. The molecule has 1 aliphatic rings. The van der Waals surface area contributed by atoms with Gasteiger partial charge >= 0.3 is 0 Å². The van der Waals surface area contributed by atoms with Crippen molar-refractivity contribution in [3.8, 4) is 5.75 Å². The maximum absolute atomic E-state index is 12.4. The molecule has 4 nitrogen and oxygen atoms in total. The van der Waals surface area contributed by atoms with Crippen molar-refractivity contribution in [3.05, 3.63) is 27.7 Å². The van der Waals surface area contributed by atoms with E-state index in [-0.39, 0.29) is 30.4 Å². The van der Waals surface area contributed by atoms with Crippen LogP contribution in [0.15, 0.2) is 12.1 Å². The van der Waals surface area contributed by atoms with Gasteiger partial charge < -0.3 is 15.4 Å². The van der Waals surface area contributed by atoms with Gasteiger partial charge in [-0.15, -0.1) is 12.4 Å². The van der Waals surface area contributed by atoms with Gasteiger partial charge in [-0.05, 0) is 32.4 Å². The van der Waals surface area contributed by atoms with Gasteiger partial charge in [0.2, 0.25) is 0 Å². The first-order valence-electron chi connectivity index (χ1n) is 6.60. The molecule has 0 spiro atoms. The molecule has 21 heavy (non-hydrogen) atoms. The van der Waals surface area contributed by atoms with Gasteiger partial charge in [-0.3, -0.25) is 4.79 Å². The summed E-state index contributed by atoms with van der Waals surface area (Å²) in [5.41, 5.74) is 0.402. The summed E-state index contributed by atoms with van der Waals surface area (Å²) in [4.78, 5) is 12.4. The van der Waals surface area contributed by atoms with E-state index in [0.29, 0.717) is 21.4 Å². The highest BCUT2D eigenvalue weighted by atomic mass is 35.5.